The molecule has 0 aliphatic carbocycles. The van der Waals surface area contributed by atoms with Gasteiger partial charge in [0.25, 0.3) is 0 Å². The van der Waals surface area contributed by atoms with Crippen LogP contribution in [-0.4, -0.2) is 18.1 Å². The minimum Gasteiger partial charge on any atom is -0.360 e. The van der Waals surface area contributed by atoms with Gasteiger partial charge >= 0.3 is 0 Å². The molecule has 0 aromatic carbocycles. The maximum atomic E-state index is 5.40. The van der Waals surface area contributed by atoms with Gasteiger partial charge in [0.2, 0.25) is 5.79 Å². The summed E-state index contributed by atoms with van der Waals surface area (Å²) >= 11 is 0. The molecule has 1 saturated heterocycles. The predicted molar refractivity (Wildman–Crippen MR) is 36.7 cm³/mol. The predicted octanol–water partition coefficient (Wildman–Crippen LogP) is 1.15. The molecule has 2 aliphatic heterocycles. The maximum absolute atomic E-state index is 5.40. The Hall–Kier alpha value is -0.570. The Bertz CT molecular complexity index is 190. The summed E-state index contributed by atoms with van der Waals surface area (Å²) in [6, 6.07) is 0. The number of nitrogens with zero attached hydrogens (tertiary/aromatic N) is 1. The molecule has 10 heavy (non-hydrogen) atoms. The van der Waals surface area contributed by atoms with Crippen molar-refractivity contribution in [3.05, 3.63) is 0 Å². The molecule has 2 heterocycles. The Balaban J connectivity index is 2.27. The second-order valence-corrected chi connectivity index (χ2v) is 3.03. The van der Waals surface area contributed by atoms with Crippen molar-refractivity contribution in [2.24, 2.45) is 11.1 Å². The van der Waals surface area contributed by atoms with Gasteiger partial charge in [0, 0.05) is 6.92 Å². The Morgan fingerprint density at radius 3 is 3.20 bits per heavy atom. The van der Waals surface area contributed by atoms with E-state index in [4.69, 9.17) is 9.57 Å². The Kier molecular flexibility index (Phi) is 1.06. The molecule has 0 spiro atoms. The van der Waals surface area contributed by atoms with E-state index in [1.54, 1.807) is 0 Å². The number of oxime groups is 1. The average molecular weight is 141 g/mol. The summed E-state index contributed by atoms with van der Waals surface area (Å²) in [5.74, 6) is -0.0307. The highest BCUT2D eigenvalue weighted by atomic mass is 16.8. The van der Waals surface area contributed by atoms with E-state index < -0.39 is 5.79 Å². The summed E-state index contributed by atoms with van der Waals surface area (Å²) < 4.78 is 5.40. The summed E-state index contributed by atoms with van der Waals surface area (Å²) in [5.41, 5.74) is 1.07. The maximum Gasteiger partial charge on any atom is 0.242 e. The molecule has 1 unspecified atom stereocenters. The van der Waals surface area contributed by atoms with Gasteiger partial charge in [-0.15, -0.1) is 0 Å². The fourth-order valence-electron chi connectivity index (χ4n) is 1.65. The van der Waals surface area contributed by atoms with Crippen molar-refractivity contribution >= 4 is 5.71 Å². The molecule has 3 heteroatoms. The van der Waals surface area contributed by atoms with Crippen molar-refractivity contribution < 1.29 is 9.57 Å². The zero-order valence-electron chi connectivity index (χ0n) is 6.26. The van der Waals surface area contributed by atoms with Crippen LogP contribution in [0.3, 0.4) is 0 Å². The number of hydrogen-bond acceptors (Lipinski definition) is 3. The van der Waals surface area contributed by atoms with Crippen LogP contribution in [0.25, 0.3) is 0 Å². The summed E-state index contributed by atoms with van der Waals surface area (Å²) in [7, 11) is 0. The molecular formula is C7H11NO2. The van der Waals surface area contributed by atoms with E-state index in [0.29, 0.717) is 5.92 Å². The minimum atomic E-state index is -0.427. The van der Waals surface area contributed by atoms with E-state index in [0.717, 1.165) is 18.7 Å². The smallest absolute Gasteiger partial charge is 0.242 e. The van der Waals surface area contributed by atoms with Crippen LogP contribution in [0.5, 0.6) is 0 Å². The van der Waals surface area contributed by atoms with Crippen LogP contribution in [0.1, 0.15) is 20.3 Å². The third-order valence-corrected chi connectivity index (χ3v) is 2.30. The van der Waals surface area contributed by atoms with Gasteiger partial charge in [0.05, 0.1) is 18.2 Å². The third-order valence-electron chi connectivity index (χ3n) is 2.30. The van der Waals surface area contributed by atoms with E-state index in [2.05, 4.69) is 5.16 Å². The van der Waals surface area contributed by atoms with Gasteiger partial charge < -0.3 is 9.57 Å². The van der Waals surface area contributed by atoms with E-state index in [9.17, 15) is 0 Å². The lowest BCUT2D eigenvalue weighted by Crippen LogP contribution is -2.31. The lowest BCUT2D eigenvalue weighted by Gasteiger charge is -2.19. The molecule has 0 radical (unpaired) electrons. The largest absolute Gasteiger partial charge is 0.360 e. The number of hydrogen-bond donors (Lipinski definition) is 0. The average Bonchev–Trinajstić information content (AvgIpc) is 2.35. The van der Waals surface area contributed by atoms with Crippen LogP contribution < -0.4 is 0 Å². The van der Waals surface area contributed by atoms with Crippen LogP contribution >= 0.6 is 0 Å². The van der Waals surface area contributed by atoms with Crippen molar-refractivity contribution in [2.45, 2.75) is 26.1 Å². The highest BCUT2D eigenvalue weighted by Crippen LogP contribution is 2.38. The second kappa shape index (κ2) is 1.72. The first kappa shape index (κ1) is 6.16. The second-order valence-electron chi connectivity index (χ2n) is 3.03. The molecule has 0 bridgehead atoms. The normalized spacial score (nSPS) is 44.6. The molecule has 2 atom stereocenters. The first-order chi connectivity index (χ1) is 4.72. The molecule has 0 aromatic rings. The quantitative estimate of drug-likeness (QED) is 0.506. The van der Waals surface area contributed by atoms with Crippen molar-refractivity contribution in [2.75, 3.05) is 6.61 Å². The van der Waals surface area contributed by atoms with Crippen molar-refractivity contribution in [1.29, 1.82) is 0 Å². The highest BCUT2D eigenvalue weighted by Gasteiger charge is 2.48. The summed E-state index contributed by atoms with van der Waals surface area (Å²) in [6.07, 6.45) is 1.05. The summed E-state index contributed by atoms with van der Waals surface area (Å²) in [5, 5.41) is 3.88. The van der Waals surface area contributed by atoms with E-state index in [-0.39, 0.29) is 0 Å². The minimum absolute atomic E-state index is 0.396. The topological polar surface area (TPSA) is 30.8 Å². The number of fused-ring (bicyclic) bond motifs is 1. The number of ether oxygens (including phenoxy) is 1. The highest BCUT2D eigenvalue weighted by molar-refractivity contribution is 5.86. The molecule has 2 rings (SSSR count). The van der Waals surface area contributed by atoms with E-state index >= 15 is 0 Å². The molecule has 2 aliphatic rings. The van der Waals surface area contributed by atoms with Crippen molar-refractivity contribution in [3.8, 4) is 0 Å². The molecule has 0 N–H and O–H groups in total. The van der Waals surface area contributed by atoms with E-state index in [1.165, 1.54) is 0 Å². The molecule has 1 fully saturated rings. The van der Waals surface area contributed by atoms with Crippen LogP contribution in [0, 0.1) is 5.92 Å². The summed E-state index contributed by atoms with van der Waals surface area (Å²) in [4.78, 5) is 5.14. The van der Waals surface area contributed by atoms with Gasteiger partial charge in [0.15, 0.2) is 0 Å². The Morgan fingerprint density at radius 1 is 1.70 bits per heavy atom. The molecular weight excluding hydrogens is 130 g/mol. The van der Waals surface area contributed by atoms with Crippen molar-refractivity contribution in [3.63, 3.8) is 0 Å². The first-order valence-electron chi connectivity index (χ1n) is 3.59. The van der Waals surface area contributed by atoms with Gasteiger partial charge in [-0.2, -0.15) is 0 Å². The van der Waals surface area contributed by atoms with Gasteiger partial charge in [0.1, 0.15) is 0 Å². The third kappa shape index (κ3) is 0.611. The molecule has 56 valence electrons. The SMILES string of the molecule is CC1=NO[C@]2(C)OCCC12. The molecule has 0 amide bonds. The monoisotopic (exact) mass is 141 g/mol. The van der Waals surface area contributed by atoms with Gasteiger partial charge in [-0.25, -0.2) is 0 Å². The van der Waals surface area contributed by atoms with Crippen LogP contribution in [-0.2, 0) is 9.57 Å². The van der Waals surface area contributed by atoms with Crippen molar-refractivity contribution in [1.82, 2.24) is 0 Å². The Morgan fingerprint density at radius 2 is 2.50 bits per heavy atom. The lowest BCUT2D eigenvalue weighted by molar-refractivity contribution is -0.194. The van der Waals surface area contributed by atoms with E-state index in [1.807, 2.05) is 13.8 Å². The first-order valence-corrected chi connectivity index (χ1v) is 3.59. The van der Waals surface area contributed by atoms with Gasteiger partial charge in [-0.05, 0) is 13.3 Å². The lowest BCUT2D eigenvalue weighted by atomic mass is 9.96. The standard InChI is InChI=1S/C7H11NO2/c1-5-6-3-4-9-7(6,2)10-8-5/h6H,3-4H2,1-2H3/t6?,7-/m0/s1. The fraction of sp³-hybridized carbons (Fsp3) is 0.857. The zero-order valence-corrected chi connectivity index (χ0v) is 6.26. The van der Waals surface area contributed by atoms with Crippen LogP contribution in [0.4, 0.5) is 0 Å². The van der Waals surface area contributed by atoms with Crippen LogP contribution in [0.2, 0.25) is 0 Å². The van der Waals surface area contributed by atoms with Gasteiger partial charge in [-0.1, -0.05) is 5.16 Å². The zero-order chi connectivity index (χ0) is 7.19. The molecule has 0 saturated carbocycles. The fourth-order valence-corrected chi connectivity index (χ4v) is 1.65. The molecule has 0 aromatic heterocycles. The van der Waals surface area contributed by atoms with Crippen LogP contribution in [0.15, 0.2) is 5.16 Å². The van der Waals surface area contributed by atoms with Gasteiger partial charge in [-0.3, -0.25) is 0 Å². The number of rotatable bonds is 0. The summed E-state index contributed by atoms with van der Waals surface area (Å²) in [6.45, 7) is 4.74. The Labute approximate surface area is 60.0 Å². The molecule has 3 nitrogen and oxygen atoms in total.